The molecule has 32 heavy (non-hydrogen) atoms. The topological polar surface area (TPSA) is 125 Å². The fourth-order valence-corrected chi connectivity index (χ4v) is 5.52. The molecule has 1 heterocycles. The van der Waals surface area contributed by atoms with Crippen LogP contribution in [0, 0.1) is 5.92 Å². The van der Waals surface area contributed by atoms with E-state index in [9.17, 15) is 22.8 Å². The number of ether oxygens (including phenoxy) is 1. The van der Waals surface area contributed by atoms with Gasteiger partial charge in [-0.25, -0.2) is 13.2 Å². The van der Waals surface area contributed by atoms with E-state index in [1.165, 1.54) is 22.5 Å². The van der Waals surface area contributed by atoms with Gasteiger partial charge < -0.3 is 15.4 Å². The predicted molar refractivity (Wildman–Crippen MR) is 118 cm³/mol. The largest absolute Gasteiger partial charge is 0.492 e. The molecule has 2 aliphatic rings. The third-order valence-electron chi connectivity index (χ3n) is 5.85. The number of nitrogens with one attached hydrogen (secondary N) is 2. The Hall–Kier alpha value is -2.66. The van der Waals surface area contributed by atoms with Crippen LogP contribution in [0.5, 0.6) is 5.75 Å². The van der Waals surface area contributed by atoms with E-state index in [1.54, 1.807) is 27.7 Å². The van der Waals surface area contributed by atoms with Crippen LogP contribution in [0.4, 0.5) is 10.5 Å². The van der Waals surface area contributed by atoms with Gasteiger partial charge in [-0.1, -0.05) is 13.8 Å². The molecule has 0 radical (unpaired) electrons. The minimum atomic E-state index is -3.84. The van der Waals surface area contributed by atoms with Gasteiger partial charge in [0.05, 0.1) is 6.61 Å². The number of urea groups is 1. The van der Waals surface area contributed by atoms with Crippen LogP contribution < -0.4 is 15.4 Å². The summed E-state index contributed by atoms with van der Waals surface area (Å²) in [4.78, 5) is 38.4. The molecule has 1 unspecified atom stereocenters. The van der Waals surface area contributed by atoms with Crippen molar-refractivity contribution in [2.75, 3.05) is 31.6 Å². The second-order valence-corrected chi connectivity index (χ2v) is 9.94. The Morgan fingerprint density at radius 2 is 1.91 bits per heavy atom. The zero-order valence-corrected chi connectivity index (χ0v) is 19.6. The normalized spacial score (nSPS) is 21.1. The van der Waals surface area contributed by atoms with Crippen LogP contribution in [-0.2, 0) is 19.6 Å². The van der Waals surface area contributed by atoms with Crippen LogP contribution in [0.1, 0.15) is 40.5 Å². The Kier molecular flexibility index (Phi) is 6.80. The molecule has 11 heteroatoms. The summed E-state index contributed by atoms with van der Waals surface area (Å²) in [6.45, 7) is 7.29. The fraction of sp³-hybridized carbons (Fsp3) is 0.571. The van der Waals surface area contributed by atoms with Crippen molar-refractivity contribution in [1.82, 2.24) is 14.5 Å². The van der Waals surface area contributed by atoms with E-state index >= 15 is 0 Å². The van der Waals surface area contributed by atoms with Crippen LogP contribution in [0.25, 0.3) is 0 Å². The molecule has 3 rings (SSSR count). The molecule has 1 atom stereocenters. The number of benzene rings is 1. The number of anilines is 1. The molecule has 0 aromatic heterocycles. The van der Waals surface area contributed by atoms with Crippen molar-refractivity contribution >= 4 is 33.6 Å². The molecule has 1 aromatic carbocycles. The molecule has 2 fully saturated rings. The smallest absolute Gasteiger partial charge is 0.325 e. The number of carbonyl (C=O) groups is 3. The van der Waals surface area contributed by atoms with Gasteiger partial charge in [0, 0.05) is 18.8 Å². The quantitative estimate of drug-likeness (QED) is 0.507. The van der Waals surface area contributed by atoms with E-state index in [0.717, 1.165) is 17.7 Å². The Balaban J connectivity index is 1.79. The van der Waals surface area contributed by atoms with Crippen LogP contribution in [0.15, 0.2) is 23.1 Å². The van der Waals surface area contributed by atoms with Gasteiger partial charge in [0.1, 0.15) is 22.7 Å². The average molecular weight is 467 g/mol. The molecule has 1 aliphatic heterocycles. The third-order valence-corrected chi connectivity index (χ3v) is 7.92. The summed E-state index contributed by atoms with van der Waals surface area (Å²) in [5, 5.41) is 5.28. The first-order chi connectivity index (χ1) is 15.1. The lowest BCUT2D eigenvalue weighted by atomic mass is 9.96. The Morgan fingerprint density at radius 3 is 2.47 bits per heavy atom. The van der Waals surface area contributed by atoms with Crippen molar-refractivity contribution in [3.8, 4) is 5.75 Å². The second-order valence-electron chi connectivity index (χ2n) is 8.03. The first-order valence-electron chi connectivity index (χ1n) is 10.8. The van der Waals surface area contributed by atoms with E-state index < -0.39 is 40.0 Å². The number of rotatable bonds is 10. The minimum absolute atomic E-state index is 0.0582. The fourth-order valence-electron chi connectivity index (χ4n) is 3.91. The number of hydrogen-bond acceptors (Lipinski definition) is 6. The molecule has 1 aromatic rings. The minimum Gasteiger partial charge on any atom is -0.492 e. The van der Waals surface area contributed by atoms with E-state index in [-0.39, 0.29) is 41.9 Å². The Bertz CT molecular complexity index is 1020. The highest BCUT2D eigenvalue weighted by Crippen LogP contribution is 2.42. The van der Waals surface area contributed by atoms with Crippen LogP contribution in [-0.4, -0.2) is 67.2 Å². The van der Waals surface area contributed by atoms with E-state index in [1.807, 2.05) is 0 Å². The summed E-state index contributed by atoms with van der Waals surface area (Å²) in [5.41, 5.74) is -0.747. The van der Waals surface area contributed by atoms with Crippen molar-refractivity contribution in [3.05, 3.63) is 18.2 Å². The summed E-state index contributed by atoms with van der Waals surface area (Å²) in [6.07, 6.45) is 1.72. The summed E-state index contributed by atoms with van der Waals surface area (Å²) in [6, 6.07) is 3.73. The van der Waals surface area contributed by atoms with Crippen molar-refractivity contribution in [1.29, 1.82) is 0 Å². The van der Waals surface area contributed by atoms with Gasteiger partial charge >= 0.3 is 6.03 Å². The van der Waals surface area contributed by atoms with Crippen LogP contribution >= 0.6 is 0 Å². The predicted octanol–water partition coefficient (Wildman–Crippen LogP) is 1.77. The molecule has 0 bridgehead atoms. The summed E-state index contributed by atoms with van der Waals surface area (Å²) in [5.74, 6) is -0.752. The van der Waals surface area contributed by atoms with Gasteiger partial charge in [0.25, 0.3) is 5.91 Å². The molecule has 10 nitrogen and oxygen atoms in total. The first kappa shape index (κ1) is 24.0. The number of hydrogen-bond donors (Lipinski definition) is 2. The number of nitrogens with zero attached hydrogens (tertiary/aromatic N) is 2. The van der Waals surface area contributed by atoms with Gasteiger partial charge in [0.15, 0.2) is 0 Å². The lowest BCUT2D eigenvalue weighted by Crippen LogP contribution is -2.46. The number of carbonyl (C=O) groups excluding carboxylic acids is 3. The molecule has 1 saturated heterocycles. The van der Waals surface area contributed by atoms with E-state index in [0.29, 0.717) is 0 Å². The van der Waals surface area contributed by atoms with E-state index in [2.05, 4.69) is 10.6 Å². The van der Waals surface area contributed by atoms with Gasteiger partial charge in [-0.15, -0.1) is 0 Å². The molecule has 0 spiro atoms. The maximum atomic E-state index is 13.1. The van der Waals surface area contributed by atoms with Crippen LogP contribution in [0.2, 0.25) is 0 Å². The molecule has 4 amide bonds. The highest BCUT2D eigenvalue weighted by Gasteiger charge is 2.56. The van der Waals surface area contributed by atoms with Crippen molar-refractivity contribution in [2.45, 2.75) is 51.0 Å². The summed E-state index contributed by atoms with van der Waals surface area (Å²) >= 11 is 0. The van der Waals surface area contributed by atoms with Gasteiger partial charge in [-0.2, -0.15) is 4.31 Å². The highest BCUT2D eigenvalue weighted by molar-refractivity contribution is 7.89. The first-order valence-corrected chi connectivity index (χ1v) is 12.2. The molecule has 2 N–H and O–H groups in total. The molecular weight excluding hydrogens is 436 g/mol. The van der Waals surface area contributed by atoms with Crippen molar-refractivity contribution < 1.29 is 27.5 Å². The number of sulfonamides is 1. The highest BCUT2D eigenvalue weighted by atomic mass is 32.2. The molecule has 176 valence electrons. The zero-order valence-electron chi connectivity index (χ0n) is 18.8. The van der Waals surface area contributed by atoms with Gasteiger partial charge in [0.2, 0.25) is 15.9 Å². The summed E-state index contributed by atoms with van der Waals surface area (Å²) in [7, 11) is -3.84. The SMILES string of the molecule is CCOc1ccc(NC(=O)CN2C(=O)NC(C)(C3CC3)C2=O)cc1S(=O)(=O)N(CC)CC. The number of amides is 4. The molecule has 1 aliphatic carbocycles. The Labute approximate surface area is 188 Å². The van der Waals surface area contributed by atoms with Crippen LogP contribution in [0.3, 0.4) is 0 Å². The van der Waals surface area contributed by atoms with Gasteiger partial charge in [-0.3, -0.25) is 14.5 Å². The average Bonchev–Trinajstić information content (AvgIpc) is 3.56. The monoisotopic (exact) mass is 466 g/mol. The maximum absolute atomic E-state index is 13.1. The van der Waals surface area contributed by atoms with Crippen molar-refractivity contribution in [2.24, 2.45) is 5.92 Å². The van der Waals surface area contributed by atoms with E-state index in [4.69, 9.17) is 4.74 Å². The Morgan fingerprint density at radius 1 is 1.25 bits per heavy atom. The standard InChI is InChI=1S/C21H30N4O6S/c1-5-24(6-2)32(29,30)17-12-15(10-11-16(17)31-7-3)22-18(26)13-25-19(27)21(4,14-8-9-14)23-20(25)28/h10-12,14H,5-9,13H2,1-4H3,(H,22,26)(H,23,28). The lowest BCUT2D eigenvalue weighted by Gasteiger charge is -2.21. The maximum Gasteiger partial charge on any atom is 0.325 e. The van der Waals surface area contributed by atoms with Crippen molar-refractivity contribution in [3.63, 3.8) is 0 Å². The molecular formula is C21H30N4O6S. The number of imide groups is 1. The van der Waals surface area contributed by atoms with Gasteiger partial charge in [-0.05, 0) is 50.8 Å². The summed E-state index contributed by atoms with van der Waals surface area (Å²) < 4.78 is 32.9. The lowest BCUT2D eigenvalue weighted by molar-refractivity contribution is -0.134. The second kappa shape index (κ2) is 9.07. The molecule has 1 saturated carbocycles. The third kappa shape index (κ3) is 4.44. The zero-order chi connectivity index (χ0) is 23.7.